The summed E-state index contributed by atoms with van der Waals surface area (Å²) in [6.45, 7) is 0.237. The molecule has 2 aromatic carbocycles. The van der Waals surface area contributed by atoms with Gasteiger partial charge >= 0.3 is 0 Å². The van der Waals surface area contributed by atoms with Crippen LogP contribution in [0.15, 0.2) is 47.4 Å². The van der Waals surface area contributed by atoms with Crippen molar-refractivity contribution in [1.29, 1.82) is 0 Å². The van der Waals surface area contributed by atoms with Gasteiger partial charge in [-0.1, -0.05) is 42.2 Å². The summed E-state index contributed by atoms with van der Waals surface area (Å²) in [7, 11) is 3.07. The highest BCUT2D eigenvalue weighted by Gasteiger charge is 2.32. The zero-order chi connectivity index (χ0) is 19.4. The molecule has 3 rings (SSSR count). The molecule has 0 aromatic heterocycles. The van der Waals surface area contributed by atoms with Gasteiger partial charge in [-0.3, -0.25) is 9.69 Å². The van der Waals surface area contributed by atoms with E-state index < -0.39 is 0 Å². The first-order chi connectivity index (χ1) is 13.0. The molecule has 6 nitrogen and oxygen atoms in total. The Hall–Kier alpha value is -2.71. The van der Waals surface area contributed by atoms with Gasteiger partial charge < -0.3 is 19.9 Å². The third-order valence-electron chi connectivity index (χ3n) is 3.91. The standard InChI is InChI=1S/C19H18N2O4S2/c1-24-15-6-4-3-5-13(15)20-11-21-18(23)17(27-19(21)26)10-12-7-8-14(22)16(9-12)25-2/h3-10,20,22H,11H2,1-2H3/b17-10+. The van der Waals surface area contributed by atoms with Gasteiger partial charge in [-0.05, 0) is 35.9 Å². The van der Waals surface area contributed by atoms with E-state index in [1.807, 2.05) is 24.3 Å². The molecule has 27 heavy (non-hydrogen) atoms. The summed E-state index contributed by atoms with van der Waals surface area (Å²) in [4.78, 5) is 14.7. The highest BCUT2D eigenvalue weighted by atomic mass is 32.2. The fraction of sp³-hybridized carbons (Fsp3) is 0.158. The Morgan fingerprint density at radius 1 is 1.19 bits per heavy atom. The molecule has 2 aromatic rings. The topological polar surface area (TPSA) is 71.0 Å². The van der Waals surface area contributed by atoms with Crippen molar-refractivity contribution in [3.05, 3.63) is 52.9 Å². The number of methoxy groups -OCH3 is 2. The zero-order valence-electron chi connectivity index (χ0n) is 14.8. The van der Waals surface area contributed by atoms with Gasteiger partial charge in [-0.25, -0.2) is 0 Å². The molecule has 0 spiro atoms. The van der Waals surface area contributed by atoms with E-state index in [0.29, 0.717) is 20.7 Å². The molecule has 0 bridgehead atoms. The number of carbonyl (C=O) groups excluding carboxylic acids is 1. The number of rotatable bonds is 6. The summed E-state index contributed by atoms with van der Waals surface area (Å²) in [6.07, 6.45) is 1.73. The van der Waals surface area contributed by atoms with Crippen LogP contribution in [0.4, 0.5) is 5.69 Å². The Morgan fingerprint density at radius 3 is 2.67 bits per heavy atom. The Labute approximate surface area is 166 Å². The van der Waals surface area contributed by atoms with E-state index in [2.05, 4.69) is 5.32 Å². The lowest BCUT2D eigenvalue weighted by molar-refractivity contribution is -0.121. The lowest BCUT2D eigenvalue weighted by Gasteiger charge is -2.17. The van der Waals surface area contributed by atoms with E-state index in [4.69, 9.17) is 21.7 Å². The molecule has 0 aliphatic carbocycles. The monoisotopic (exact) mass is 402 g/mol. The predicted molar refractivity (Wildman–Crippen MR) is 111 cm³/mol. The fourth-order valence-electron chi connectivity index (χ4n) is 2.53. The van der Waals surface area contributed by atoms with Crippen LogP contribution in [0.1, 0.15) is 5.56 Å². The van der Waals surface area contributed by atoms with E-state index in [-0.39, 0.29) is 18.3 Å². The number of hydrogen-bond acceptors (Lipinski definition) is 7. The van der Waals surface area contributed by atoms with E-state index in [0.717, 1.165) is 11.3 Å². The first-order valence-corrected chi connectivity index (χ1v) is 9.25. The number of ether oxygens (including phenoxy) is 2. The minimum Gasteiger partial charge on any atom is -0.504 e. The molecule has 0 unspecified atom stereocenters. The molecule has 1 aliphatic rings. The average molecular weight is 402 g/mol. The second-order valence-corrected chi connectivity index (χ2v) is 7.25. The van der Waals surface area contributed by atoms with Crippen LogP contribution in [0, 0.1) is 0 Å². The number of anilines is 1. The van der Waals surface area contributed by atoms with Crippen molar-refractivity contribution in [3.8, 4) is 17.2 Å². The molecule has 140 valence electrons. The van der Waals surface area contributed by atoms with Crippen LogP contribution in [0.2, 0.25) is 0 Å². The van der Waals surface area contributed by atoms with E-state index in [1.54, 1.807) is 25.3 Å². The summed E-state index contributed by atoms with van der Waals surface area (Å²) < 4.78 is 10.9. The van der Waals surface area contributed by atoms with Crippen LogP contribution in [-0.2, 0) is 4.79 Å². The summed E-state index contributed by atoms with van der Waals surface area (Å²) >= 11 is 6.58. The predicted octanol–water partition coefficient (Wildman–Crippen LogP) is 3.68. The van der Waals surface area contributed by atoms with Crippen molar-refractivity contribution in [3.63, 3.8) is 0 Å². The summed E-state index contributed by atoms with van der Waals surface area (Å²) in [6, 6.07) is 12.4. The summed E-state index contributed by atoms with van der Waals surface area (Å²) in [5, 5.41) is 12.9. The van der Waals surface area contributed by atoms with Crippen molar-refractivity contribution < 1.29 is 19.4 Å². The van der Waals surface area contributed by atoms with Crippen molar-refractivity contribution >= 4 is 46.0 Å². The number of carbonyl (C=O) groups is 1. The number of thioether (sulfide) groups is 1. The number of benzene rings is 2. The molecule has 1 fully saturated rings. The summed E-state index contributed by atoms with van der Waals surface area (Å²) in [5.41, 5.74) is 1.52. The molecule has 0 saturated carbocycles. The van der Waals surface area contributed by atoms with E-state index in [1.165, 1.54) is 29.8 Å². The minimum absolute atomic E-state index is 0.0446. The van der Waals surface area contributed by atoms with Crippen molar-refractivity contribution in [1.82, 2.24) is 4.90 Å². The average Bonchev–Trinajstić information content (AvgIpc) is 2.94. The first kappa shape index (κ1) is 19.1. The smallest absolute Gasteiger partial charge is 0.267 e. The summed E-state index contributed by atoms with van der Waals surface area (Å²) in [5.74, 6) is 0.898. The number of aromatic hydroxyl groups is 1. The van der Waals surface area contributed by atoms with Crippen LogP contribution < -0.4 is 14.8 Å². The largest absolute Gasteiger partial charge is 0.504 e. The molecule has 1 aliphatic heterocycles. The third-order valence-corrected chi connectivity index (χ3v) is 5.29. The lowest BCUT2D eigenvalue weighted by Crippen LogP contribution is -2.33. The molecule has 0 radical (unpaired) electrons. The first-order valence-electron chi connectivity index (χ1n) is 8.02. The van der Waals surface area contributed by atoms with Gasteiger partial charge in [0, 0.05) is 0 Å². The van der Waals surface area contributed by atoms with Gasteiger partial charge in [0.2, 0.25) is 0 Å². The van der Waals surface area contributed by atoms with Gasteiger partial charge in [0.25, 0.3) is 5.91 Å². The molecule has 0 atom stereocenters. The van der Waals surface area contributed by atoms with Crippen LogP contribution in [0.5, 0.6) is 17.2 Å². The van der Waals surface area contributed by atoms with Gasteiger partial charge in [0.1, 0.15) is 10.1 Å². The Bertz CT molecular complexity index is 914. The van der Waals surface area contributed by atoms with Crippen molar-refractivity contribution in [2.75, 3.05) is 26.2 Å². The highest BCUT2D eigenvalue weighted by Crippen LogP contribution is 2.34. The molecule has 8 heteroatoms. The Kier molecular flexibility index (Phi) is 5.88. The van der Waals surface area contributed by atoms with Gasteiger partial charge in [0.15, 0.2) is 11.5 Å². The van der Waals surface area contributed by atoms with Gasteiger partial charge in [-0.2, -0.15) is 0 Å². The third kappa shape index (κ3) is 4.17. The fourth-order valence-corrected chi connectivity index (χ4v) is 3.78. The molecule has 2 N–H and O–H groups in total. The SMILES string of the molecule is COc1cc(/C=C2/SC(=S)N(CNc3ccccc3OC)C2=O)ccc1O. The number of thiocarbonyl (C=S) groups is 1. The van der Waals surface area contributed by atoms with Crippen LogP contribution in [0.3, 0.4) is 0 Å². The number of phenolic OH excluding ortho intramolecular Hbond substituents is 1. The van der Waals surface area contributed by atoms with Crippen LogP contribution in [0.25, 0.3) is 6.08 Å². The second-order valence-electron chi connectivity index (χ2n) is 5.58. The Balaban J connectivity index is 1.75. The van der Waals surface area contributed by atoms with Gasteiger partial charge in [-0.15, -0.1) is 0 Å². The molecule has 1 saturated heterocycles. The number of para-hydroxylation sites is 2. The van der Waals surface area contributed by atoms with Crippen LogP contribution >= 0.6 is 24.0 Å². The number of nitrogens with zero attached hydrogens (tertiary/aromatic N) is 1. The quantitative estimate of drug-likeness (QED) is 0.564. The number of amides is 1. The number of nitrogens with one attached hydrogen (secondary N) is 1. The maximum absolute atomic E-state index is 12.7. The number of phenols is 1. The second kappa shape index (κ2) is 8.32. The van der Waals surface area contributed by atoms with Crippen LogP contribution in [-0.4, -0.2) is 41.1 Å². The van der Waals surface area contributed by atoms with Crippen molar-refractivity contribution in [2.45, 2.75) is 0 Å². The Morgan fingerprint density at radius 2 is 1.93 bits per heavy atom. The highest BCUT2D eigenvalue weighted by molar-refractivity contribution is 8.26. The lowest BCUT2D eigenvalue weighted by atomic mass is 10.2. The number of hydrogen-bond donors (Lipinski definition) is 2. The zero-order valence-corrected chi connectivity index (χ0v) is 16.4. The molecular formula is C19H18N2O4S2. The van der Waals surface area contributed by atoms with E-state index >= 15 is 0 Å². The maximum atomic E-state index is 12.7. The van der Waals surface area contributed by atoms with Gasteiger partial charge in [0.05, 0.1) is 31.5 Å². The maximum Gasteiger partial charge on any atom is 0.267 e. The minimum atomic E-state index is -0.181. The molecule has 1 heterocycles. The molecule has 1 amide bonds. The van der Waals surface area contributed by atoms with E-state index in [9.17, 15) is 9.90 Å². The normalized spacial score (nSPS) is 15.3. The molecular weight excluding hydrogens is 384 g/mol. The van der Waals surface area contributed by atoms with Crippen molar-refractivity contribution in [2.24, 2.45) is 0 Å².